The van der Waals surface area contributed by atoms with Crippen molar-refractivity contribution < 1.29 is 9.90 Å². The predicted molar refractivity (Wildman–Crippen MR) is 122 cm³/mol. The monoisotopic (exact) mass is 437 g/mol. The number of benzene rings is 2. The quantitative estimate of drug-likeness (QED) is 0.587. The molecule has 0 spiro atoms. The Labute approximate surface area is 188 Å². The largest absolute Gasteiger partial charge is 0.394 e. The van der Waals surface area contributed by atoms with Gasteiger partial charge in [-0.3, -0.25) is 9.48 Å². The number of halogens is 1. The molecular weight excluding hydrogens is 410 g/mol. The third kappa shape index (κ3) is 5.17. The molecule has 0 aliphatic heterocycles. The van der Waals surface area contributed by atoms with E-state index in [2.05, 4.69) is 5.32 Å². The fourth-order valence-electron chi connectivity index (χ4n) is 4.29. The van der Waals surface area contributed by atoms with Crippen LogP contribution in [0.4, 0.5) is 0 Å². The van der Waals surface area contributed by atoms with E-state index in [9.17, 15) is 9.90 Å². The Balaban J connectivity index is 1.65. The number of nitrogens with one attached hydrogen (secondary N) is 1. The van der Waals surface area contributed by atoms with Crippen molar-refractivity contribution in [1.82, 2.24) is 15.1 Å². The summed E-state index contributed by atoms with van der Waals surface area (Å²) in [5.41, 5.74) is 4.60. The van der Waals surface area contributed by atoms with Crippen molar-refractivity contribution in [2.75, 3.05) is 6.61 Å². The van der Waals surface area contributed by atoms with Gasteiger partial charge in [-0.1, -0.05) is 66.9 Å². The molecular formula is C25H28ClN3O2. The van der Waals surface area contributed by atoms with Gasteiger partial charge in [0.25, 0.3) is 5.91 Å². The Hall–Kier alpha value is -2.63. The van der Waals surface area contributed by atoms with E-state index in [1.54, 1.807) is 0 Å². The fraction of sp³-hybridized carbons (Fsp3) is 0.360. The van der Waals surface area contributed by atoms with Gasteiger partial charge >= 0.3 is 0 Å². The number of aromatic nitrogens is 2. The molecule has 0 saturated carbocycles. The summed E-state index contributed by atoms with van der Waals surface area (Å²) in [6.07, 6.45) is 6.28. The number of carbonyl (C=O) groups excluding carboxylic acids is 1. The van der Waals surface area contributed by atoms with Gasteiger partial charge in [0, 0.05) is 16.3 Å². The van der Waals surface area contributed by atoms with Gasteiger partial charge in [-0.25, -0.2) is 0 Å². The molecule has 0 radical (unpaired) electrons. The molecule has 2 N–H and O–H groups in total. The number of hydrogen-bond donors (Lipinski definition) is 2. The maximum absolute atomic E-state index is 13.3. The van der Waals surface area contributed by atoms with Crippen LogP contribution in [-0.2, 0) is 19.4 Å². The summed E-state index contributed by atoms with van der Waals surface area (Å²) >= 11 is 6.17. The van der Waals surface area contributed by atoms with E-state index in [-0.39, 0.29) is 12.5 Å². The average molecular weight is 438 g/mol. The van der Waals surface area contributed by atoms with Gasteiger partial charge in [0.1, 0.15) is 0 Å². The smallest absolute Gasteiger partial charge is 0.272 e. The van der Waals surface area contributed by atoms with Crippen LogP contribution < -0.4 is 5.32 Å². The Kier molecular flexibility index (Phi) is 7.05. The van der Waals surface area contributed by atoms with Crippen LogP contribution in [0.25, 0.3) is 0 Å². The number of nitrogens with zero attached hydrogens (tertiary/aromatic N) is 2. The van der Waals surface area contributed by atoms with E-state index in [4.69, 9.17) is 16.7 Å². The molecule has 0 saturated heterocycles. The minimum atomic E-state index is -0.462. The van der Waals surface area contributed by atoms with Crippen LogP contribution in [0.2, 0.25) is 5.02 Å². The highest BCUT2D eigenvalue weighted by atomic mass is 35.5. The molecule has 0 fully saturated rings. The molecule has 1 aliphatic carbocycles. The van der Waals surface area contributed by atoms with Crippen molar-refractivity contribution in [2.24, 2.45) is 0 Å². The van der Waals surface area contributed by atoms with Crippen LogP contribution in [-0.4, -0.2) is 27.4 Å². The molecule has 1 amide bonds. The summed E-state index contributed by atoms with van der Waals surface area (Å²) < 4.78 is 1.97. The third-order valence-corrected chi connectivity index (χ3v) is 6.12. The molecule has 0 unspecified atom stereocenters. The second kappa shape index (κ2) is 10.1. The highest BCUT2D eigenvalue weighted by Crippen LogP contribution is 2.25. The third-order valence-electron chi connectivity index (χ3n) is 5.88. The van der Waals surface area contributed by atoms with Gasteiger partial charge in [-0.05, 0) is 48.9 Å². The van der Waals surface area contributed by atoms with Crippen molar-refractivity contribution >= 4 is 17.5 Å². The van der Waals surface area contributed by atoms with Gasteiger partial charge in [-0.2, -0.15) is 5.10 Å². The molecule has 162 valence electrons. The lowest BCUT2D eigenvalue weighted by Gasteiger charge is -2.17. The highest BCUT2D eigenvalue weighted by Gasteiger charge is 2.25. The zero-order valence-corrected chi connectivity index (χ0v) is 18.3. The molecule has 1 atom stereocenters. The lowest BCUT2D eigenvalue weighted by molar-refractivity contribution is 0.0909. The molecule has 1 heterocycles. The number of fused-ring (bicyclic) bond motifs is 1. The molecule has 1 aromatic heterocycles. The fourth-order valence-corrected chi connectivity index (χ4v) is 4.51. The first-order chi connectivity index (χ1) is 15.2. The molecule has 1 aliphatic rings. The minimum Gasteiger partial charge on any atom is -0.394 e. The summed E-state index contributed by atoms with van der Waals surface area (Å²) in [6, 6.07) is 16.8. The van der Waals surface area contributed by atoms with Crippen molar-refractivity contribution in [1.29, 1.82) is 0 Å². The molecule has 3 aromatic rings. The lowest BCUT2D eigenvalue weighted by Crippen LogP contribution is -2.31. The number of carbonyl (C=O) groups is 1. The maximum Gasteiger partial charge on any atom is 0.272 e. The highest BCUT2D eigenvalue weighted by molar-refractivity contribution is 6.30. The maximum atomic E-state index is 13.3. The van der Waals surface area contributed by atoms with Gasteiger partial charge in [0.2, 0.25) is 0 Å². The van der Waals surface area contributed by atoms with Crippen molar-refractivity contribution in [2.45, 2.75) is 51.1 Å². The van der Waals surface area contributed by atoms with E-state index < -0.39 is 6.04 Å². The molecule has 6 heteroatoms. The lowest BCUT2D eigenvalue weighted by atomic mass is 9.96. The zero-order chi connectivity index (χ0) is 21.6. The number of aliphatic hydroxyl groups is 1. The van der Waals surface area contributed by atoms with Gasteiger partial charge in [0.05, 0.1) is 19.2 Å². The SMILES string of the molecule is O=C(N[C@H](CO)c1ccccc1)c1nn(Cc2cccc(Cl)c2)c2c1CCCCCC2. The summed E-state index contributed by atoms with van der Waals surface area (Å²) in [6.45, 7) is 0.416. The summed E-state index contributed by atoms with van der Waals surface area (Å²) in [5.74, 6) is -0.232. The van der Waals surface area contributed by atoms with E-state index in [1.807, 2.05) is 59.3 Å². The molecule has 0 bridgehead atoms. The van der Waals surface area contributed by atoms with Crippen LogP contribution in [0.1, 0.15) is 64.6 Å². The second-order valence-corrected chi connectivity index (χ2v) is 8.53. The predicted octanol–water partition coefficient (Wildman–Crippen LogP) is 4.71. The van der Waals surface area contributed by atoms with Crippen LogP contribution >= 0.6 is 11.6 Å². The summed E-state index contributed by atoms with van der Waals surface area (Å²) in [4.78, 5) is 13.3. The number of aliphatic hydroxyl groups excluding tert-OH is 1. The number of amides is 1. The zero-order valence-electron chi connectivity index (χ0n) is 17.6. The van der Waals surface area contributed by atoms with Crippen LogP contribution in [0.5, 0.6) is 0 Å². The first-order valence-corrected chi connectivity index (χ1v) is 11.3. The molecule has 4 rings (SSSR count). The van der Waals surface area contributed by atoms with Crippen LogP contribution in [0.15, 0.2) is 54.6 Å². The first kappa shape index (κ1) is 21.6. The van der Waals surface area contributed by atoms with Gasteiger partial charge in [0.15, 0.2) is 5.69 Å². The Morgan fingerprint density at radius 1 is 1.06 bits per heavy atom. The Bertz CT molecular complexity index is 1030. The van der Waals surface area contributed by atoms with Crippen LogP contribution in [0.3, 0.4) is 0 Å². The van der Waals surface area contributed by atoms with Crippen molar-refractivity contribution in [3.05, 3.63) is 87.7 Å². The Morgan fingerprint density at radius 2 is 1.84 bits per heavy atom. The number of hydrogen-bond acceptors (Lipinski definition) is 3. The van der Waals surface area contributed by atoms with Crippen LogP contribution in [0, 0.1) is 0 Å². The van der Waals surface area contributed by atoms with E-state index in [1.165, 1.54) is 12.8 Å². The molecule has 2 aromatic carbocycles. The van der Waals surface area contributed by atoms with Crippen molar-refractivity contribution in [3.63, 3.8) is 0 Å². The summed E-state index contributed by atoms with van der Waals surface area (Å²) in [5, 5.41) is 18.3. The second-order valence-electron chi connectivity index (χ2n) is 8.09. The normalized spacial score (nSPS) is 14.9. The standard InChI is InChI=1S/C25H28ClN3O2/c26-20-12-8-9-18(15-20)16-29-23-14-7-2-1-6-13-21(23)24(28-29)25(31)27-22(17-30)19-10-4-3-5-11-19/h3-5,8-12,15,22,30H,1-2,6-7,13-14,16-17H2,(H,27,31)/t22-/m1/s1. The van der Waals surface area contributed by atoms with Gasteiger partial charge in [-0.15, -0.1) is 0 Å². The van der Waals surface area contributed by atoms with Crippen molar-refractivity contribution in [3.8, 4) is 0 Å². The van der Waals surface area contributed by atoms with E-state index in [0.29, 0.717) is 17.3 Å². The topological polar surface area (TPSA) is 67.2 Å². The van der Waals surface area contributed by atoms with E-state index in [0.717, 1.165) is 48.1 Å². The molecule has 31 heavy (non-hydrogen) atoms. The number of rotatable bonds is 6. The summed E-state index contributed by atoms with van der Waals surface area (Å²) in [7, 11) is 0. The van der Waals surface area contributed by atoms with E-state index >= 15 is 0 Å². The first-order valence-electron chi connectivity index (χ1n) is 11.0. The van der Waals surface area contributed by atoms with Gasteiger partial charge < -0.3 is 10.4 Å². The average Bonchev–Trinajstić information content (AvgIpc) is 3.08. The molecule has 5 nitrogen and oxygen atoms in total. The Morgan fingerprint density at radius 3 is 2.58 bits per heavy atom. The minimum absolute atomic E-state index is 0.166.